The standard InChI is InChI=1S/C25H36N6O3/c1-16(2)25(32)7-5-18(6-8-25)22-9-21(19-10-27-30(12-19)20-14-34-15-20)23-11-26-24(29-31(22)23)28-17(3)13-33-4/h9-12,16-18,20,32H,5-8,13-15H2,1-4H3,(H,28,29)/t17-,18?,25?/m0/s1. The monoisotopic (exact) mass is 468 g/mol. The Morgan fingerprint density at radius 3 is 2.65 bits per heavy atom. The molecule has 1 saturated heterocycles. The molecule has 1 aliphatic carbocycles. The Morgan fingerprint density at radius 2 is 2.00 bits per heavy atom. The summed E-state index contributed by atoms with van der Waals surface area (Å²) in [6.07, 6.45) is 9.39. The molecule has 0 amide bonds. The van der Waals surface area contributed by atoms with Crippen LogP contribution in [0.1, 0.15) is 64.1 Å². The van der Waals surface area contributed by atoms with Crippen molar-refractivity contribution in [3.05, 3.63) is 30.4 Å². The van der Waals surface area contributed by atoms with Crippen LogP contribution in [0.4, 0.5) is 5.95 Å². The molecule has 1 aliphatic heterocycles. The van der Waals surface area contributed by atoms with E-state index in [1.54, 1.807) is 7.11 Å². The summed E-state index contributed by atoms with van der Waals surface area (Å²) < 4.78 is 14.6. The smallest absolute Gasteiger partial charge is 0.241 e. The topological polar surface area (TPSA) is 98.7 Å². The third kappa shape index (κ3) is 4.32. The van der Waals surface area contributed by atoms with Gasteiger partial charge in [-0.1, -0.05) is 13.8 Å². The first-order valence-corrected chi connectivity index (χ1v) is 12.4. The van der Waals surface area contributed by atoms with Gasteiger partial charge in [0.25, 0.3) is 0 Å². The number of anilines is 1. The molecule has 5 rings (SSSR count). The Kier molecular flexibility index (Phi) is 6.35. The van der Waals surface area contributed by atoms with Gasteiger partial charge in [-0.15, -0.1) is 5.10 Å². The maximum Gasteiger partial charge on any atom is 0.241 e. The lowest BCUT2D eigenvalue weighted by Crippen LogP contribution is -2.38. The maximum atomic E-state index is 11.0. The molecule has 0 unspecified atom stereocenters. The van der Waals surface area contributed by atoms with Crippen molar-refractivity contribution in [2.45, 2.75) is 70.1 Å². The molecule has 2 fully saturated rings. The molecule has 0 radical (unpaired) electrons. The zero-order valence-electron chi connectivity index (χ0n) is 20.6. The highest BCUT2D eigenvalue weighted by atomic mass is 16.5. The van der Waals surface area contributed by atoms with Gasteiger partial charge in [0.1, 0.15) is 0 Å². The number of ether oxygens (including phenoxy) is 2. The predicted molar refractivity (Wildman–Crippen MR) is 130 cm³/mol. The van der Waals surface area contributed by atoms with Crippen molar-refractivity contribution in [2.75, 3.05) is 32.2 Å². The number of aromatic nitrogens is 5. The molecule has 0 aromatic carbocycles. The number of hydrogen-bond acceptors (Lipinski definition) is 7. The number of hydrogen-bond donors (Lipinski definition) is 2. The summed E-state index contributed by atoms with van der Waals surface area (Å²) in [7, 11) is 1.69. The normalized spacial score (nSPS) is 24.5. The van der Waals surface area contributed by atoms with Gasteiger partial charge < -0.3 is 19.9 Å². The van der Waals surface area contributed by atoms with E-state index in [0.29, 0.717) is 37.7 Å². The van der Waals surface area contributed by atoms with Crippen LogP contribution in [-0.2, 0) is 9.47 Å². The highest BCUT2D eigenvalue weighted by molar-refractivity contribution is 5.81. The lowest BCUT2D eigenvalue weighted by Gasteiger charge is -2.39. The lowest BCUT2D eigenvalue weighted by molar-refractivity contribution is -0.0412. The van der Waals surface area contributed by atoms with Crippen molar-refractivity contribution in [1.29, 1.82) is 0 Å². The number of nitrogens with one attached hydrogen (secondary N) is 1. The molecule has 4 heterocycles. The minimum atomic E-state index is -0.574. The highest BCUT2D eigenvalue weighted by Gasteiger charge is 2.37. The number of nitrogens with zero attached hydrogens (tertiary/aromatic N) is 5. The summed E-state index contributed by atoms with van der Waals surface area (Å²) in [5, 5.41) is 23.8. The molecule has 0 spiro atoms. The van der Waals surface area contributed by atoms with Crippen LogP contribution in [0, 0.1) is 5.92 Å². The fraction of sp³-hybridized carbons (Fsp3) is 0.640. The van der Waals surface area contributed by atoms with Gasteiger partial charge >= 0.3 is 0 Å². The molecule has 2 aliphatic rings. The molecule has 2 N–H and O–H groups in total. The molecule has 0 bridgehead atoms. The highest BCUT2D eigenvalue weighted by Crippen LogP contribution is 2.43. The van der Waals surface area contributed by atoms with E-state index < -0.39 is 5.60 Å². The summed E-state index contributed by atoms with van der Waals surface area (Å²) in [5.41, 5.74) is 3.70. The Labute approximate surface area is 200 Å². The summed E-state index contributed by atoms with van der Waals surface area (Å²) in [4.78, 5) is 4.60. The second kappa shape index (κ2) is 9.28. The molecule has 1 saturated carbocycles. The van der Waals surface area contributed by atoms with E-state index in [0.717, 1.165) is 42.3 Å². The molecule has 9 heteroatoms. The zero-order chi connectivity index (χ0) is 23.9. The first-order chi connectivity index (χ1) is 16.4. The van der Waals surface area contributed by atoms with Gasteiger partial charge in [-0.2, -0.15) is 5.10 Å². The fourth-order valence-corrected chi connectivity index (χ4v) is 5.16. The predicted octanol–water partition coefficient (Wildman–Crippen LogP) is 3.66. The third-order valence-corrected chi connectivity index (χ3v) is 7.59. The molecule has 184 valence electrons. The minimum Gasteiger partial charge on any atom is -0.390 e. The van der Waals surface area contributed by atoms with Crippen molar-refractivity contribution in [2.24, 2.45) is 5.92 Å². The van der Waals surface area contributed by atoms with E-state index in [2.05, 4.69) is 41.5 Å². The summed E-state index contributed by atoms with van der Waals surface area (Å²) in [5.74, 6) is 1.17. The fourth-order valence-electron chi connectivity index (χ4n) is 5.16. The van der Waals surface area contributed by atoms with Crippen LogP contribution in [-0.4, -0.2) is 68.1 Å². The molecule has 9 nitrogen and oxygen atoms in total. The van der Waals surface area contributed by atoms with Gasteiger partial charge in [0.05, 0.1) is 49.4 Å². The number of methoxy groups -OCH3 is 1. The van der Waals surface area contributed by atoms with Gasteiger partial charge in [0.15, 0.2) is 0 Å². The summed E-state index contributed by atoms with van der Waals surface area (Å²) >= 11 is 0. The SMILES string of the molecule is COC[C@H](C)Nc1ncc2c(-c3cnn(C4COC4)c3)cc(C3CCC(O)(C(C)C)CC3)n2n1. The average Bonchev–Trinajstić information content (AvgIpc) is 3.38. The minimum absolute atomic E-state index is 0.0968. The van der Waals surface area contributed by atoms with Crippen LogP contribution >= 0.6 is 0 Å². The van der Waals surface area contributed by atoms with E-state index in [4.69, 9.17) is 14.6 Å². The van der Waals surface area contributed by atoms with Gasteiger partial charge in [-0.05, 0) is 44.6 Å². The van der Waals surface area contributed by atoms with Crippen LogP contribution in [0.15, 0.2) is 24.7 Å². The molecule has 1 atom stereocenters. The van der Waals surface area contributed by atoms with Crippen molar-refractivity contribution in [1.82, 2.24) is 24.4 Å². The largest absolute Gasteiger partial charge is 0.390 e. The van der Waals surface area contributed by atoms with E-state index in [1.807, 2.05) is 28.5 Å². The van der Waals surface area contributed by atoms with Crippen LogP contribution in [0.2, 0.25) is 0 Å². The van der Waals surface area contributed by atoms with Gasteiger partial charge in [-0.25, -0.2) is 9.50 Å². The van der Waals surface area contributed by atoms with Crippen molar-refractivity contribution in [3.63, 3.8) is 0 Å². The third-order valence-electron chi connectivity index (χ3n) is 7.59. The number of fused-ring (bicyclic) bond motifs is 1. The second-order valence-electron chi connectivity index (χ2n) is 10.3. The first-order valence-electron chi connectivity index (χ1n) is 12.4. The Morgan fingerprint density at radius 1 is 1.24 bits per heavy atom. The van der Waals surface area contributed by atoms with Crippen molar-refractivity contribution >= 4 is 11.5 Å². The first kappa shape index (κ1) is 23.3. The molecule has 3 aromatic heterocycles. The zero-order valence-corrected chi connectivity index (χ0v) is 20.6. The van der Waals surface area contributed by atoms with Crippen molar-refractivity contribution in [3.8, 4) is 11.1 Å². The molecular formula is C25H36N6O3. The van der Waals surface area contributed by atoms with E-state index >= 15 is 0 Å². The summed E-state index contributed by atoms with van der Waals surface area (Å²) in [6.45, 7) is 8.27. The van der Waals surface area contributed by atoms with E-state index in [1.165, 1.54) is 5.69 Å². The molecular weight excluding hydrogens is 432 g/mol. The number of rotatable bonds is 8. The second-order valence-corrected chi connectivity index (χ2v) is 10.3. The van der Waals surface area contributed by atoms with Crippen LogP contribution in [0.3, 0.4) is 0 Å². The average molecular weight is 469 g/mol. The quantitative estimate of drug-likeness (QED) is 0.521. The Bertz CT molecular complexity index is 1130. The Hall–Kier alpha value is -2.49. The molecule has 3 aromatic rings. The van der Waals surface area contributed by atoms with Gasteiger partial charge in [0.2, 0.25) is 5.95 Å². The maximum absolute atomic E-state index is 11.0. The van der Waals surface area contributed by atoms with E-state index in [-0.39, 0.29) is 12.0 Å². The van der Waals surface area contributed by atoms with E-state index in [9.17, 15) is 5.11 Å². The van der Waals surface area contributed by atoms with Crippen LogP contribution < -0.4 is 5.32 Å². The van der Waals surface area contributed by atoms with Crippen molar-refractivity contribution < 1.29 is 14.6 Å². The lowest BCUT2D eigenvalue weighted by atomic mass is 9.72. The Balaban J connectivity index is 1.50. The van der Waals surface area contributed by atoms with Crippen LogP contribution in [0.5, 0.6) is 0 Å². The van der Waals surface area contributed by atoms with Gasteiger partial charge in [-0.3, -0.25) is 4.68 Å². The molecule has 34 heavy (non-hydrogen) atoms. The van der Waals surface area contributed by atoms with Crippen LogP contribution in [0.25, 0.3) is 16.6 Å². The van der Waals surface area contributed by atoms with Gasteiger partial charge in [0, 0.05) is 42.1 Å². The number of aliphatic hydroxyl groups is 1. The summed E-state index contributed by atoms with van der Waals surface area (Å²) in [6, 6.07) is 2.65.